The molecule has 6 heteroatoms. The summed E-state index contributed by atoms with van der Waals surface area (Å²) in [4.78, 5) is 30.3. The SMILES string of the molecule is O=C(Nc1ccccc1C(=O)N1CCCCC1)C1CCN(Cc2ccc(Br)cc2)CC1. The summed E-state index contributed by atoms with van der Waals surface area (Å²) in [7, 11) is 0. The Balaban J connectivity index is 1.33. The standard InChI is InChI=1S/C25H30BrN3O2/c26-21-10-8-19(9-11-21)18-28-16-12-20(13-17-28)24(30)27-23-7-3-2-6-22(23)25(31)29-14-4-1-5-15-29/h2-3,6-11,20H,1,4-5,12-18H2,(H,27,30). The van der Waals surface area contributed by atoms with Crippen molar-refractivity contribution in [3.63, 3.8) is 0 Å². The van der Waals surface area contributed by atoms with E-state index in [-0.39, 0.29) is 17.7 Å². The number of halogens is 1. The van der Waals surface area contributed by atoms with Crippen LogP contribution in [0.4, 0.5) is 5.69 Å². The van der Waals surface area contributed by atoms with Crippen LogP contribution in [-0.4, -0.2) is 47.8 Å². The third-order valence-electron chi connectivity index (χ3n) is 6.34. The number of anilines is 1. The highest BCUT2D eigenvalue weighted by atomic mass is 79.9. The van der Waals surface area contributed by atoms with Gasteiger partial charge in [0.1, 0.15) is 0 Å². The molecule has 0 bridgehead atoms. The van der Waals surface area contributed by atoms with Gasteiger partial charge in [-0.2, -0.15) is 0 Å². The second-order valence-corrected chi connectivity index (χ2v) is 9.48. The topological polar surface area (TPSA) is 52.7 Å². The molecule has 164 valence electrons. The lowest BCUT2D eigenvalue weighted by molar-refractivity contribution is -0.121. The average Bonchev–Trinajstić information content (AvgIpc) is 2.81. The first kappa shape index (κ1) is 22.0. The molecule has 5 nitrogen and oxygen atoms in total. The van der Waals surface area contributed by atoms with E-state index < -0.39 is 0 Å². The van der Waals surface area contributed by atoms with Crippen LogP contribution in [0.5, 0.6) is 0 Å². The first-order valence-corrected chi connectivity index (χ1v) is 12.1. The van der Waals surface area contributed by atoms with Gasteiger partial charge in [-0.15, -0.1) is 0 Å². The third kappa shape index (κ3) is 5.74. The van der Waals surface area contributed by atoms with E-state index in [2.05, 4.69) is 50.4 Å². The van der Waals surface area contributed by atoms with Crippen molar-refractivity contribution in [2.24, 2.45) is 5.92 Å². The summed E-state index contributed by atoms with van der Waals surface area (Å²) < 4.78 is 1.09. The number of hydrogen-bond donors (Lipinski definition) is 1. The van der Waals surface area contributed by atoms with Gasteiger partial charge in [-0.05, 0) is 75.0 Å². The highest BCUT2D eigenvalue weighted by Crippen LogP contribution is 2.24. The highest BCUT2D eigenvalue weighted by Gasteiger charge is 2.27. The smallest absolute Gasteiger partial charge is 0.255 e. The Hall–Kier alpha value is -2.18. The van der Waals surface area contributed by atoms with E-state index in [1.165, 1.54) is 12.0 Å². The first-order valence-electron chi connectivity index (χ1n) is 11.3. The zero-order valence-corrected chi connectivity index (χ0v) is 19.4. The molecule has 0 unspecified atom stereocenters. The van der Waals surface area contributed by atoms with Gasteiger partial charge in [0.2, 0.25) is 5.91 Å². The quantitative estimate of drug-likeness (QED) is 0.655. The van der Waals surface area contributed by atoms with Crippen LogP contribution in [0.3, 0.4) is 0 Å². The molecule has 0 aromatic heterocycles. The predicted molar refractivity (Wildman–Crippen MR) is 127 cm³/mol. The van der Waals surface area contributed by atoms with E-state index in [1.807, 2.05) is 29.2 Å². The Kier molecular flexibility index (Phi) is 7.41. The zero-order valence-electron chi connectivity index (χ0n) is 17.9. The molecule has 2 aliphatic heterocycles. The minimum Gasteiger partial charge on any atom is -0.339 e. The molecule has 0 saturated carbocycles. The molecular weight excluding hydrogens is 454 g/mol. The van der Waals surface area contributed by atoms with Crippen molar-refractivity contribution in [2.75, 3.05) is 31.5 Å². The largest absolute Gasteiger partial charge is 0.339 e. The van der Waals surface area contributed by atoms with Gasteiger partial charge in [0, 0.05) is 30.0 Å². The molecule has 2 heterocycles. The van der Waals surface area contributed by atoms with Gasteiger partial charge >= 0.3 is 0 Å². The number of carbonyl (C=O) groups is 2. The van der Waals surface area contributed by atoms with Gasteiger partial charge < -0.3 is 10.2 Å². The van der Waals surface area contributed by atoms with E-state index in [9.17, 15) is 9.59 Å². The van der Waals surface area contributed by atoms with Crippen LogP contribution in [0.2, 0.25) is 0 Å². The van der Waals surface area contributed by atoms with Crippen LogP contribution >= 0.6 is 15.9 Å². The van der Waals surface area contributed by atoms with E-state index in [0.29, 0.717) is 11.3 Å². The van der Waals surface area contributed by atoms with Gasteiger partial charge in [-0.1, -0.05) is 40.2 Å². The molecule has 2 aliphatic rings. The van der Waals surface area contributed by atoms with E-state index in [0.717, 1.165) is 62.9 Å². The number of hydrogen-bond acceptors (Lipinski definition) is 3. The van der Waals surface area contributed by atoms with Crippen molar-refractivity contribution < 1.29 is 9.59 Å². The number of rotatable bonds is 5. The number of amides is 2. The summed E-state index contributed by atoms with van der Waals surface area (Å²) in [5.41, 5.74) is 2.53. The van der Waals surface area contributed by atoms with Crippen molar-refractivity contribution in [1.29, 1.82) is 0 Å². The molecular formula is C25H30BrN3O2. The van der Waals surface area contributed by atoms with Crippen molar-refractivity contribution in [3.05, 3.63) is 64.1 Å². The van der Waals surface area contributed by atoms with Gasteiger partial charge in [0.05, 0.1) is 11.3 Å². The zero-order chi connectivity index (χ0) is 21.6. The fourth-order valence-corrected chi connectivity index (χ4v) is 4.75. The maximum Gasteiger partial charge on any atom is 0.255 e. The summed E-state index contributed by atoms with van der Waals surface area (Å²) in [6.07, 6.45) is 4.97. The lowest BCUT2D eigenvalue weighted by Gasteiger charge is -2.31. The number of para-hydroxylation sites is 1. The summed E-state index contributed by atoms with van der Waals surface area (Å²) >= 11 is 3.48. The molecule has 31 heavy (non-hydrogen) atoms. The number of benzene rings is 2. The molecule has 0 spiro atoms. The summed E-state index contributed by atoms with van der Waals surface area (Å²) in [5, 5.41) is 3.06. The molecule has 2 aromatic rings. The van der Waals surface area contributed by atoms with Gasteiger partial charge in [-0.25, -0.2) is 0 Å². The number of nitrogens with zero attached hydrogens (tertiary/aromatic N) is 2. The molecule has 0 atom stereocenters. The molecule has 2 fully saturated rings. The van der Waals surface area contributed by atoms with Crippen LogP contribution in [0.25, 0.3) is 0 Å². The monoisotopic (exact) mass is 483 g/mol. The Bertz CT molecular complexity index is 901. The molecule has 1 N–H and O–H groups in total. The molecule has 4 rings (SSSR count). The van der Waals surface area contributed by atoms with Crippen LogP contribution in [0, 0.1) is 5.92 Å². The van der Waals surface area contributed by atoms with E-state index >= 15 is 0 Å². The Morgan fingerprint density at radius 1 is 0.903 bits per heavy atom. The molecule has 0 aliphatic carbocycles. The van der Waals surface area contributed by atoms with Gasteiger partial charge in [0.25, 0.3) is 5.91 Å². The molecule has 0 radical (unpaired) electrons. The first-order chi connectivity index (χ1) is 15.1. The molecule has 2 aromatic carbocycles. The minimum absolute atomic E-state index is 0.0145. The summed E-state index contributed by atoms with van der Waals surface area (Å²) in [5.74, 6) is 0.0430. The van der Waals surface area contributed by atoms with Gasteiger partial charge in [-0.3, -0.25) is 14.5 Å². The van der Waals surface area contributed by atoms with Crippen molar-refractivity contribution in [2.45, 2.75) is 38.6 Å². The molecule has 2 amide bonds. The van der Waals surface area contributed by atoms with Crippen molar-refractivity contribution in [1.82, 2.24) is 9.80 Å². The fraction of sp³-hybridized carbons (Fsp3) is 0.440. The Morgan fingerprint density at radius 3 is 2.29 bits per heavy atom. The number of likely N-dealkylation sites (tertiary alicyclic amines) is 2. The maximum absolute atomic E-state index is 13.0. The summed E-state index contributed by atoms with van der Waals surface area (Å²) in [6.45, 7) is 4.33. The highest BCUT2D eigenvalue weighted by molar-refractivity contribution is 9.10. The number of nitrogens with one attached hydrogen (secondary N) is 1. The lowest BCUT2D eigenvalue weighted by atomic mass is 9.95. The van der Waals surface area contributed by atoms with E-state index in [4.69, 9.17) is 0 Å². The fourth-order valence-electron chi connectivity index (χ4n) is 4.48. The van der Waals surface area contributed by atoms with Crippen LogP contribution in [0.1, 0.15) is 48.0 Å². The third-order valence-corrected chi connectivity index (χ3v) is 6.87. The van der Waals surface area contributed by atoms with E-state index in [1.54, 1.807) is 0 Å². The van der Waals surface area contributed by atoms with Crippen molar-refractivity contribution >= 4 is 33.4 Å². The maximum atomic E-state index is 13.0. The molecule has 2 saturated heterocycles. The van der Waals surface area contributed by atoms with Crippen LogP contribution in [0.15, 0.2) is 53.0 Å². The minimum atomic E-state index is -0.0145. The van der Waals surface area contributed by atoms with Crippen LogP contribution in [-0.2, 0) is 11.3 Å². The van der Waals surface area contributed by atoms with Crippen LogP contribution < -0.4 is 5.32 Å². The second-order valence-electron chi connectivity index (χ2n) is 8.56. The summed E-state index contributed by atoms with van der Waals surface area (Å²) in [6, 6.07) is 15.8. The average molecular weight is 484 g/mol. The van der Waals surface area contributed by atoms with Crippen molar-refractivity contribution in [3.8, 4) is 0 Å². The Labute approximate surface area is 192 Å². The number of piperidine rings is 2. The van der Waals surface area contributed by atoms with Gasteiger partial charge in [0.15, 0.2) is 0 Å². The second kappa shape index (κ2) is 10.4. The predicted octanol–water partition coefficient (Wildman–Crippen LogP) is 4.93. The lowest BCUT2D eigenvalue weighted by Crippen LogP contribution is -2.38. The number of carbonyl (C=O) groups excluding carboxylic acids is 2. The normalized spacial score (nSPS) is 18.0. The Morgan fingerprint density at radius 2 is 1.58 bits per heavy atom.